The Balaban J connectivity index is 1.98. The first kappa shape index (κ1) is 14.9. The molecule has 0 saturated carbocycles. The number of fused-ring (bicyclic) bond motifs is 1. The Morgan fingerprint density at radius 2 is 1.91 bits per heavy atom. The minimum atomic E-state index is -0.536. The Hall–Kier alpha value is -2.07. The van der Waals surface area contributed by atoms with Crippen LogP contribution in [0, 0.1) is 11.3 Å². The lowest BCUT2D eigenvalue weighted by Gasteiger charge is -2.33. The fraction of sp³-hybridized carbons (Fsp3) is 0.667. The highest BCUT2D eigenvalue weighted by Crippen LogP contribution is 2.29. The Bertz CT molecular complexity index is 742. The lowest BCUT2D eigenvalue weighted by Crippen LogP contribution is -2.44. The van der Waals surface area contributed by atoms with E-state index in [4.69, 9.17) is 0 Å². The third-order valence-corrected chi connectivity index (χ3v) is 4.95. The molecule has 2 saturated heterocycles. The first-order valence-electron chi connectivity index (χ1n) is 7.75. The smallest absolute Gasteiger partial charge is 0.332 e. The Morgan fingerprint density at radius 3 is 2.64 bits per heavy atom. The van der Waals surface area contributed by atoms with Crippen molar-refractivity contribution in [3.63, 3.8) is 0 Å². The fourth-order valence-corrected chi connectivity index (χ4v) is 3.71. The van der Waals surface area contributed by atoms with Crippen LogP contribution in [0.3, 0.4) is 0 Å². The molecule has 2 aliphatic heterocycles. The highest BCUT2D eigenvalue weighted by molar-refractivity contribution is 5.52. The second kappa shape index (κ2) is 5.61. The summed E-state index contributed by atoms with van der Waals surface area (Å²) in [5, 5.41) is 12.6. The van der Waals surface area contributed by atoms with Gasteiger partial charge < -0.3 is 5.32 Å². The summed E-state index contributed by atoms with van der Waals surface area (Å²) < 4.78 is 2.34. The summed E-state index contributed by atoms with van der Waals surface area (Å²) in [6.07, 6.45) is 4.54. The number of hydrogen-bond acceptors (Lipinski definition) is 5. The second-order valence-electron chi connectivity index (χ2n) is 6.18. The van der Waals surface area contributed by atoms with E-state index in [9.17, 15) is 14.9 Å². The molecule has 0 amide bonds. The van der Waals surface area contributed by atoms with Gasteiger partial charge in [-0.1, -0.05) is 6.42 Å². The van der Waals surface area contributed by atoms with Gasteiger partial charge >= 0.3 is 5.69 Å². The largest absolute Gasteiger partial charge is 0.366 e. The van der Waals surface area contributed by atoms with E-state index in [2.05, 4.69) is 10.2 Å². The van der Waals surface area contributed by atoms with Gasteiger partial charge in [0, 0.05) is 32.7 Å². The van der Waals surface area contributed by atoms with E-state index >= 15 is 0 Å². The second-order valence-corrected chi connectivity index (χ2v) is 6.18. The molecule has 1 aromatic rings. The molecular formula is C15H21N5O2. The quantitative estimate of drug-likeness (QED) is 0.831. The summed E-state index contributed by atoms with van der Waals surface area (Å²) in [5.74, 6) is 0.355. The lowest BCUT2D eigenvalue weighted by molar-refractivity contribution is 0.192. The molecule has 1 aromatic heterocycles. The fourth-order valence-electron chi connectivity index (χ4n) is 3.71. The number of rotatable bonds is 2. The summed E-state index contributed by atoms with van der Waals surface area (Å²) >= 11 is 0. The molecular weight excluding hydrogens is 282 g/mol. The number of nitrogens with zero attached hydrogens (tertiary/aromatic N) is 4. The molecule has 3 rings (SSSR count). The average Bonchev–Trinajstić information content (AvgIpc) is 2.94. The van der Waals surface area contributed by atoms with Crippen LogP contribution in [-0.2, 0) is 14.1 Å². The monoisotopic (exact) mass is 303 g/mol. The van der Waals surface area contributed by atoms with Crippen molar-refractivity contribution in [2.75, 3.05) is 18.4 Å². The van der Waals surface area contributed by atoms with Gasteiger partial charge in [-0.15, -0.1) is 0 Å². The van der Waals surface area contributed by atoms with Crippen molar-refractivity contribution in [2.45, 2.75) is 37.8 Å². The summed E-state index contributed by atoms with van der Waals surface area (Å²) in [7, 11) is 2.99. The first-order valence-corrected chi connectivity index (χ1v) is 7.75. The number of aromatic nitrogens is 2. The van der Waals surface area contributed by atoms with Gasteiger partial charge in [0.05, 0.1) is 0 Å². The van der Waals surface area contributed by atoms with Crippen molar-refractivity contribution < 1.29 is 0 Å². The molecule has 7 heteroatoms. The van der Waals surface area contributed by atoms with Crippen molar-refractivity contribution in [1.29, 1.82) is 5.26 Å². The van der Waals surface area contributed by atoms with Gasteiger partial charge in [-0.25, -0.2) is 4.79 Å². The van der Waals surface area contributed by atoms with Gasteiger partial charge in [0.25, 0.3) is 5.56 Å². The standard InChI is InChI=1S/C15H21N5O2/c1-18-13(10(9-16)14(21)19(2)15(18)22)17-11-6-8-20-7-4-3-5-12(11)20/h11-12,17H,3-8H2,1-2H3/t11-,12+/m1/s1. The highest BCUT2D eigenvalue weighted by atomic mass is 16.2. The highest BCUT2D eigenvalue weighted by Gasteiger charge is 2.36. The van der Waals surface area contributed by atoms with Crippen LogP contribution in [0.5, 0.6) is 0 Å². The third kappa shape index (κ3) is 2.24. The van der Waals surface area contributed by atoms with Crippen LogP contribution < -0.4 is 16.6 Å². The average molecular weight is 303 g/mol. The molecule has 0 radical (unpaired) electrons. The van der Waals surface area contributed by atoms with E-state index in [0.717, 1.165) is 30.5 Å². The minimum Gasteiger partial charge on any atom is -0.366 e. The number of hydrogen-bond donors (Lipinski definition) is 1. The van der Waals surface area contributed by atoms with Gasteiger partial charge in [-0.3, -0.25) is 18.8 Å². The van der Waals surface area contributed by atoms with Crippen molar-refractivity contribution in [3.8, 4) is 6.07 Å². The lowest BCUT2D eigenvalue weighted by atomic mass is 9.99. The van der Waals surface area contributed by atoms with Crippen LogP contribution in [0.1, 0.15) is 31.2 Å². The maximum absolute atomic E-state index is 12.1. The van der Waals surface area contributed by atoms with Crippen LogP contribution in [-0.4, -0.2) is 39.2 Å². The van der Waals surface area contributed by atoms with E-state index < -0.39 is 11.2 Å². The number of piperidine rings is 1. The molecule has 7 nitrogen and oxygen atoms in total. The van der Waals surface area contributed by atoms with E-state index in [1.807, 2.05) is 6.07 Å². The molecule has 0 unspecified atom stereocenters. The van der Waals surface area contributed by atoms with Gasteiger partial charge in [-0.2, -0.15) is 5.26 Å². The van der Waals surface area contributed by atoms with Gasteiger partial charge in [0.1, 0.15) is 11.9 Å². The molecule has 3 heterocycles. The van der Waals surface area contributed by atoms with Crippen LogP contribution in [0.15, 0.2) is 9.59 Å². The molecule has 22 heavy (non-hydrogen) atoms. The molecule has 1 N–H and O–H groups in total. The molecule has 0 spiro atoms. The summed E-state index contributed by atoms with van der Waals surface area (Å²) in [6.45, 7) is 2.15. The molecule has 2 aliphatic rings. The van der Waals surface area contributed by atoms with Crippen LogP contribution in [0.4, 0.5) is 5.82 Å². The van der Waals surface area contributed by atoms with Gasteiger partial charge in [0.15, 0.2) is 5.56 Å². The van der Waals surface area contributed by atoms with Crippen LogP contribution in [0.2, 0.25) is 0 Å². The van der Waals surface area contributed by atoms with Crippen molar-refractivity contribution in [1.82, 2.24) is 14.0 Å². The van der Waals surface area contributed by atoms with Crippen molar-refractivity contribution >= 4 is 5.82 Å². The molecule has 2 fully saturated rings. The summed E-state index contributed by atoms with van der Waals surface area (Å²) in [4.78, 5) is 26.7. The maximum Gasteiger partial charge on any atom is 0.332 e. The zero-order valence-electron chi connectivity index (χ0n) is 13.0. The zero-order valence-corrected chi connectivity index (χ0v) is 13.0. The van der Waals surface area contributed by atoms with E-state index in [0.29, 0.717) is 11.9 Å². The Labute approximate surface area is 128 Å². The van der Waals surface area contributed by atoms with Gasteiger partial charge in [-0.05, 0) is 25.8 Å². The SMILES string of the molecule is Cn1c(N[C@@H]2CCN3CCCC[C@@H]23)c(C#N)c(=O)n(C)c1=O. The Morgan fingerprint density at radius 1 is 1.14 bits per heavy atom. The topological polar surface area (TPSA) is 83.1 Å². The van der Waals surface area contributed by atoms with E-state index in [-0.39, 0.29) is 11.6 Å². The number of nitriles is 1. The van der Waals surface area contributed by atoms with Crippen molar-refractivity contribution in [2.24, 2.45) is 14.1 Å². The maximum atomic E-state index is 12.1. The van der Waals surface area contributed by atoms with Crippen molar-refractivity contribution in [3.05, 3.63) is 26.4 Å². The first-order chi connectivity index (χ1) is 10.5. The van der Waals surface area contributed by atoms with Crippen LogP contribution >= 0.6 is 0 Å². The number of nitrogens with one attached hydrogen (secondary N) is 1. The zero-order chi connectivity index (χ0) is 15.9. The predicted molar refractivity (Wildman–Crippen MR) is 82.9 cm³/mol. The number of anilines is 1. The summed E-state index contributed by atoms with van der Waals surface area (Å²) in [5.41, 5.74) is -0.935. The van der Waals surface area contributed by atoms with Crippen LogP contribution in [0.25, 0.3) is 0 Å². The normalized spacial score (nSPS) is 24.8. The van der Waals surface area contributed by atoms with E-state index in [1.54, 1.807) is 7.05 Å². The van der Waals surface area contributed by atoms with E-state index in [1.165, 1.54) is 24.5 Å². The van der Waals surface area contributed by atoms with Gasteiger partial charge in [0.2, 0.25) is 0 Å². The minimum absolute atomic E-state index is 0.0128. The molecule has 0 aromatic carbocycles. The molecule has 2 atom stereocenters. The molecule has 0 aliphatic carbocycles. The molecule has 0 bridgehead atoms. The third-order valence-electron chi connectivity index (χ3n) is 4.95. The Kier molecular flexibility index (Phi) is 3.79. The molecule has 118 valence electrons. The predicted octanol–water partition coefficient (Wildman–Crippen LogP) is -0.00562. The summed E-state index contributed by atoms with van der Waals surface area (Å²) in [6, 6.07) is 2.56.